The van der Waals surface area contributed by atoms with E-state index in [4.69, 9.17) is 16.0 Å². The highest BCUT2D eigenvalue weighted by molar-refractivity contribution is 6.34. The molecule has 4 nitrogen and oxygen atoms in total. The molecule has 0 amide bonds. The highest BCUT2D eigenvalue weighted by Gasteiger charge is 2.10. The first-order valence-corrected chi connectivity index (χ1v) is 5.85. The first-order chi connectivity index (χ1) is 8.78. The molecule has 0 aliphatic carbocycles. The lowest BCUT2D eigenvalue weighted by Crippen LogP contribution is -1.95. The third-order valence-corrected chi connectivity index (χ3v) is 2.93. The van der Waals surface area contributed by atoms with E-state index in [9.17, 15) is 0 Å². The standard InChI is InChI=1S/C13H10ClN3O/c1-15-13-16-6-5-10(17-13)11-7-8-3-2-4-9(14)12(8)18-11/h2-7H,1H3,(H,15,16,17). The summed E-state index contributed by atoms with van der Waals surface area (Å²) in [5.41, 5.74) is 1.40. The third kappa shape index (κ3) is 1.80. The SMILES string of the molecule is CNc1nccc(-c2cc3cccc(Cl)c3o2)n1. The number of anilines is 1. The van der Waals surface area contributed by atoms with Gasteiger partial charge in [0, 0.05) is 18.6 Å². The predicted octanol–water partition coefficient (Wildman–Crippen LogP) is 3.58. The van der Waals surface area contributed by atoms with Gasteiger partial charge in [0.25, 0.3) is 0 Å². The van der Waals surface area contributed by atoms with Gasteiger partial charge in [0.05, 0.1) is 5.02 Å². The van der Waals surface area contributed by atoms with Gasteiger partial charge in [-0.25, -0.2) is 9.97 Å². The monoisotopic (exact) mass is 259 g/mol. The van der Waals surface area contributed by atoms with Gasteiger partial charge in [-0.15, -0.1) is 0 Å². The fraction of sp³-hybridized carbons (Fsp3) is 0.0769. The van der Waals surface area contributed by atoms with Crippen molar-refractivity contribution in [2.75, 3.05) is 12.4 Å². The van der Waals surface area contributed by atoms with E-state index in [0.717, 1.165) is 11.1 Å². The van der Waals surface area contributed by atoms with Crippen LogP contribution in [0.1, 0.15) is 0 Å². The number of nitrogens with one attached hydrogen (secondary N) is 1. The van der Waals surface area contributed by atoms with Crippen molar-refractivity contribution >= 4 is 28.5 Å². The third-order valence-electron chi connectivity index (χ3n) is 2.63. The Kier molecular flexibility index (Phi) is 2.64. The molecule has 0 unspecified atom stereocenters. The summed E-state index contributed by atoms with van der Waals surface area (Å²) >= 11 is 6.08. The van der Waals surface area contributed by atoms with E-state index in [1.54, 1.807) is 25.4 Å². The van der Waals surface area contributed by atoms with E-state index in [2.05, 4.69) is 15.3 Å². The van der Waals surface area contributed by atoms with Crippen LogP contribution in [0, 0.1) is 0 Å². The maximum Gasteiger partial charge on any atom is 0.223 e. The van der Waals surface area contributed by atoms with Gasteiger partial charge in [0.15, 0.2) is 11.3 Å². The molecular formula is C13H10ClN3O. The number of rotatable bonds is 2. The lowest BCUT2D eigenvalue weighted by molar-refractivity contribution is 0.628. The summed E-state index contributed by atoms with van der Waals surface area (Å²) < 4.78 is 5.73. The van der Waals surface area contributed by atoms with Crippen molar-refractivity contribution in [3.63, 3.8) is 0 Å². The molecule has 0 saturated heterocycles. The van der Waals surface area contributed by atoms with E-state index >= 15 is 0 Å². The number of benzene rings is 1. The second-order valence-electron chi connectivity index (χ2n) is 3.78. The zero-order valence-corrected chi connectivity index (χ0v) is 10.4. The zero-order chi connectivity index (χ0) is 12.5. The van der Waals surface area contributed by atoms with Crippen LogP contribution in [0.3, 0.4) is 0 Å². The van der Waals surface area contributed by atoms with E-state index in [1.807, 2.05) is 18.2 Å². The Bertz CT molecular complexity index is 708. The van der Waals surface area contributed by atoms with Crippen molar-refractivity contribution in [1.82, 2.24) is 9.97 Å². The largest absolute Gasteiger partial charge is 0.453 e. The average Bonchev–Trinajstić information content (AvgIpc) is 2.84. The van der Waals surface area contributed by atoms with E-state index in [1.165, 1.54) is 0 Å². The second kappa shape index (κ2) is 4.31. The summed E-state index contributed by atoms with van der Waals surface area (Å²) in [5.74, 6) is 1.23. The van der Waals surface area contributed by atoms with Gasteiger partial charge in [0.1, 0.15) is 5.69 Å². The van der Waals surface area contributed by atoms with E-state index < -0.39 is 0 Å². The van der Waals surface area contributed by atoms with Crippen LogP contribution < -0.4 is 5.32 Å². The minimum atomic E-state index is 0.555. The lowest BCUT2D eigenvalue weighted by Gasteiger charge is -1.99. The fourth-order valence-electron chi connectivity index (χ4n) is 1.77. The normalized spacial score (nSPS) is 10.8. The van der Waals surface area contributed by atoms with Gasteiger partial charge < -0.3 is 9.73 Å². The molecule has 0 fully saturated rings. The highest BCUT2D eigenvalue weighted by atomic mass is 35.5. The minimum Gasteiger partial charge on any atom is -0.453 e. The summed E-state index contributed by atoms with van der Waals surface area (Å²) in [6.45, 7) is 0. The zero-order valence-electron chi connectivity index (χ0n) is 9.64. The summed E-state index contributed by atoms with van der Waals surface area (Å²) in [6.07, 6.45) is 1.68. The summed E-state index contributed by atoms with van der Waals surface area (Å²) in [4.78, 5) is 8.39. The average molecular weight is 260 g/mol. The number of halogens is 1. The topological polar surface area (TPSA) is 51.0 Å². The quantitative estimate of drug-likeness (QED) is 0.764. The van der Waals surface area contributed by atoms with Gasteiger partial charge in [-0.1, -0.05) is 23.7 Å². The Morgan fingerprint density at radius 1 is 1.28 bits per heavy atom. The predicted molar refractivity (Wildman–Crippen MR) is 71.8 cm³/mol. The van der Waals surface area contributed by atoms with E-state index in [0.29, 0.717) is 22.3 Å². The number of furan rings is 1. The molecule has 18 heavy (non-hydrogen) atoms. The molecule has 2 aromatic heterocycles. The Labute approximate surface area is 109 Å². The molecule has 0 radical (unpaired) electrons. The van der Waals surface area contributed by atoms with Crippen molar-refractivity contribution in [2.45, 2.75) is 0 Å². The van der Waals surface area contributed by atoms with Crippen LogP contribution in [0.25, 0.3) is 22.4 Å². The molecule has 2 heterocycles. The van der Waals surface area contributed by atoms with Gasteiger partial charge in [-0.2, -0.15) is 0 Å². The molecule has 3 rings (SSSR count). The summed E-state index contributed by atoms with van der Waals surface area (Å²) in [7, 11) is 1.77. The number of nitrogens with zero attached hydrogens (tertiary/aromatic N) is 2. The van der Waals surface area contributed by atoms with Crippen LogP contribution >= 0.6 is 11.6 Å². The number of hydrogen-bond acceptors (Lipinski definition) is 4. The van der Waals surface area contributed by atoms with E-state index in [-0.39, 0.29) is 0 Å². The molecule has 5 heteroatoms. The van der Waals surface area contributed by atoms with Crippen LogP contribution in [-0.2, 0) is 0 Å². The smallest absolute Gasteiger partial charge is 0.223 e. The molecule has 90 valence electrons. The molecule has 1 N–H and O–H groups in total. The minimum absolute atomic E-state index is 0.555. The molecule has 1 aromatic carbocycles. The Morgan fingerprint density at radius 2 is 2.17 bits per heavy atom. The van der Waals surface area contributed by atoms with Crippen molar-refractivity contribution in [3.8, 4) is 11.5 Å². The van der Waals surface area contributed by atoms with Gasteiger partial charge in [0.2, 0.25) is 5.95 Å². The second-order valence-corrected chi connectivity index (χ2v) is 4.19. The van der Waals surface area contributed by atoms with Crippen LogP contribution in [-0.4, -0.2) is 17.0 Å². The number of aromatic nitrogens is 2. The molecule has 0 aliphatic heterocycles. The maximum absolute atomic E-state index is 6.08. The molecule has 0 bridgehead atoms. The fourth-order valence-corrected chi connectivity index (χ4v) is 1.99. The van der Waals surface area contributed by atoms with Crippen LogP contribution in [0.15, 0.2) is 40.9 Å². The number of hydrogen-bond donors (Lipinski definition) is 1. The molecule has 0 saturated carbocycles. The van der Waals surface area contributed by atoms with Gasteiger partial charge in [-0.05, 0) is 18.2 Å². The molecule has 3 aromatic rings. The highest BCUT2D eigenvalue weighted by Crippen LogP contribution is 2.31. The van der Waals surface area contributed by atoms with Crippen molar-refractivity contribution in [1.29, 1.82) is 0 Å². The summed E-state index contributed by atoms with van der Waals surface area (Å²) in [6, 6.07) is 9.36. The van der Waals surface area contributed by atoms with Crippen molar-refractivity contribution in [2.24, 2.45) is 0 Å². The lowest BCUT2D eigenvalue weighted by atomic mass is 10.2. The van der Waals surface area contributed by atoms with Crippen LogP contribution in [0.2, 0.25) is 5.02 Å². The number of fused-ring (bicyclic) bond motifs is 1. The Balaban J connectivity index is 2.16. The molecule has 0 atom stereocenters. The van der Waals surface area contributed by atoms with Crippen molar-refractivity contribution < 1.29 is 4.42 Å². The first kappa shape index (κ1) is 11.0. The molecular weight excluding hydrogens is 250 g/mol. The van der Waals surface area contributed by atoms with Gasteiger partial charge >= 0.3 is 0 Å². The Hall–Kier alpha value is -2.07. The first-order valence-electron chi connectivity index (χ1n) is 5.47. The van der Waals surface area contributed by atoms with Crippen LogP contribution in [0.4, 0.5) is 5.95 Å². The van der Waals surface area contributed by atoms with Crippen LogP contribution in [0.5, 0.6) is 0 Å². The number of para-hydroxylation sites is 1. The maximum atomic E-state index is 6.08. The van der Waals surface area contributed by atoms with Crippen molar-refractivity contribution in [3.05, 3.63) is 41.6 Å². The summed E-state index contributed by atoms with van der Waals surface area (Å²) in [5, 5.41) is 4.45. The van der Waals surface area contributed by atoms with Gasteiger partial charge in [-0.3, -0.25) is 0 Å². The molecule has 0 aliphatic rings. The molecule has 0 spiro atoms. The Morgan fingerprint density at radius 3 is 2.94 bits per heavy atom.